The molecule has 2 heterocycles. The number of rotatable bonds is 9. The van der Waals surface area contributed by atoms with Crippen molar-refractivity contribution in [3.8, 4) is 11.3 Å². The Morgan fingerprint density at radius 3 is 2.59 bits per heavy atom. The van der Waals surface area contributed by atoms with Gasteiger partial charge in [0.25, 0.3) is 0 Å². The van der Waals surface area contributed by atoms with E-state index in [0.717, 1.165) is 17.7 Å². The number of nitrogens with zero attached hydrogens (tertiary/aromatic N) is 3. The molecular weight excluding hydrogens is 483 g/mol. The van der Waals surface area contributed by atoms with Crippen molar-refractivity contribution in [2.75, 3.05) is 18.4 Å². The summed E-state index contributed by atoms with van der Waals surface area (Å²) in [4.78, 5) is 3.98. The van der Waals surface area contributed by atoms with Gasteiger partial charge >= 0.3 is 0 Å². The third kappa shape index (κ3) is 5.21. The molecule has 0 aliphatic rings. The molecule has 0 saturated heterocycles. The molecule has 12 heteroatoms. The number of anilines is 1. The number of hydrogen-bond donors (Lipinski definition) is 2. The Morgan fingerprint density at radius 2 is 1.82 bits per heavy atom. The van der Waals surface area contributed by atoms with Crippen LogP contribution in [0.1, 0.15) is 12.8 Å². The van der Waals surface area contributed by atoms with Crippen LogP contribution in [0.5, 0.6) is 0 Å². The highest BCUT2D eigenvalue weighted by atomic mass is 35.5. The quantitative estimate of drug-likeness (QED) is 0.271. The van der Waals surface area contributed by atoms with E-state index in [1.165, 1.54) is 6.20 Å². The molecule has 0 aliphatic carbocycles. The predicted octanol–water partition coefficient (Wildman–Crippen LogP) is 3.29. The molecular formula is C22H19BClF2N5O2S. The Labute approximate surface area is 201 Å². The van der Waals surface area contributed by atoms with E-state index in [1.54, 1.807) is 16.6 Å². The number of aromatic nitrogens is 3. The van der Waals surface area contributed by atoms with E-state index in [9.17, 15) is 17.2 Å². The molecule has 7 nitrogen and oxygen atoms in total. The number of halogens is 3. The van der Waals surface area contributed by atoms with Gasteiger partial charge in [-0.3, -0.25) is 0 Å². The summed E-state index contributed by atoms with van der Waals surface area (Å²) in [6.07, 6.45) is 2.57. The van der Waals surface area contributed by atoms with Crippen molar-refractivity contribution < 1.29 is 17.2 Å². The molecule has 0 saturated carbocycles. The van der Waals surface area contributed by atoms with Crippen molar-refractivity contribution >= 4 is 46.4 Å². The van der Waals surface area contributed by atoms with Crippen molar-refractivity contribution in [3.05, 3.63) is 71.4 Å². The minimum Gasteiger partial charge on any atom is -0.370 e. The van der Waals surface area contributed by atoms with Gasteiger partial charge in [-0.25, -0.2) is 26.9 Å². The number of unbranched alkanes of at least 4 members (excludes halogenated alkanes) is 1. The number of benzene rings is 2. The van der Waals surface area contributed by atoms with Crippen LogP contribution in [0.15, 0.2) is 59.6 Å². The standard InChI is InChI=1S/C22H19BClF2N5O2S/c23-16-13-28-31-21(12-19(30-22(16)31)15-5-1-2-6-17(15)24)27-9-3-4-10-29-34(32,33)20-8-7-14(25)11-18(20)26/h1-2,5-8,11-13,27,29H,3-4,9-10H2. The maximum absolute atomic E-state index is 13.8. The van der Waals surface area contributed by atoms with E-state index in [-0.39, 0.29) is 6.54 Å². The van der Waals surface area contributed by atoms with Crippen LogP contribution in [-0.2, 0) is 10.0 Å². The van der Waals surface area contributed by atoms with Gasteiger partial charge in [0, 0.05) is 42.0 Å². The lowest BCUT2D eigenvalue weighted by molar-refractivity contribution is 0.542. The van der Waals surface area contributed by atoms with Crippen LogP contribution in [0, 0.1) is 11.6 Å². The smallest absolute Gasteiger partial charge is 0.243 e. The monoisotopic (exact) mass is 501 g/mol. The van der Waals surface area contributed by atoms with E-state index in [2.05, 4.69) is 20.1 Å². The van der Waals surface area contributed by atoms with Gasteiger partial charge < -0.3 is 5.32 Å². The summed E-state index contributed by atoms with van der Waals surface area (Å²) in [7, 11) is 1.94. The lowest BCUT2D eigenvalue weighted by atomic mass is 10.0. The predicted molar refractivity (Wildman–Crippen MR) is 128 cm³/mol. The molecule has 0 unspecified atom stereocenters. The van der Waals surface area contributed by atoms with Crippen LogP contribution < -0.4 is 15.5 Å². The van der Waals surface area contributed by atoms with Crippen molar-refractivity contribution in [3.63, 3.8) is 0 Å². The van der Waals surface area contributed by atoms with Crippen molar-refractivity contribution in [1.82, 2.24) is 19.3 Å². The first-order valence-electron chi connectivity index (χ1n) is 10.3. The molecule has 2 N–H and O–H groups in total. The van der Waals surface area contributed by atoms with E-state index >= 15 is 0 Å². The van der Waals surface area contributed by atoms with Gasteiger partial charge in [0.2, 0.25) is 10.0 Å². The first-order valence-corrected chi connectivity index (χ1v) is 12.2. The normalized spacial score (nSPS) is 11.7. The van der Waals surface area contributed by atoms with E-state index in [1.807, 2.05) is 18.2 Å². The molecule has 34 heavy (non-hydrogen) atoms. The second-order valence-electron chi connectivity index (χ2n) is 7.45. The summed E-state index contributed by atoms with van der Waals surface area (Å²) < 4.78 is 55.2. The van der Waals surface area contributed by atoms with Crippen LogP contribution in [0.25, 0.3) is 16.9 Å². The highest BCUT2D eigenvalue weighted by molar-refractivity contribution is 7.89. The zero-order valence-corrected chi connectivity index (χ0v) is 19.4. The average molecular weight is 502 g/mol. The molecule has 0 bridgehead atoms. The summed E-state index contributed by atoms with van der Waals surface area (Å²) in [5.41, 5.74) is 2.27. The Balaban J connectivity index is 1.39. The molecule has 2 aromatic carbocycles. The molecule has 0 fully saturated rings. The Bertz CT molecular complexity index is 1450. The van der Waals surface area contributed by atoms with Crippen molar-refractivity contribution in [2.45, 2.75) is 17.7 Å². The summed E-state index contributed by atoms with van der Waals surface area (Å²) >= 11 is 6.32. The second kappa shape index (κ2) is 10.1. The average Bonchev–Trinajstić information content (AvgIpc) is 3.17. The van der Waals surface area contributed by atoms with Crippen LogP contribution in [0.4, 0.5) is 14.6 Å². The number of sulfonamides is 1. The molecule has 2 radical (unpaired) electrons. The molecule has 2 aromatic heterocycles. The Morgan fingerprint density at radius 1 is 1.06 bits per heavy atom. The van der Waals surface area contributed by atoms with Gasteiger partial charge in [-0.1, -0.05) is 29.8 Å². The highest BCUT2D eigenvalue weighted by Gasteiger charge is 2.19. The van der Waals surface area contributed by atoms with Gasteiger partial charge in [0.15, 0.2) is 5.65 Å². The molecule has 4 aromatic rings. The first kappa shape index (κ1) is 24.1. The van der Waals surface area contributed by atoms with Gasteiger partial charge in [0.05, 0.1) is 5.69 Å². The summed E-state index contributed by atoms with van der Waals surface area (Å²) in [6, 6.07) is 11.5. The topological polar surface area (TPSA) is 88.4 Å². The van der Waals surface area contributed by atoms with Gasteiger partial charge in [-0.2, -0.15) is 9.61 Å². The fourth-order valence-electron chi connectivity index (χ4n) is 3.36. The summed E-state index contributed by atoms with van der Waals surface area (Å²) in [6.45, 7) is 0.583. The number of fused-ring (bicyclic) bond motifs is 1. The lowest BCUT2D eigenvalue weighted by Gasteiger charge is -2.12. The van der Waals surface area contributed by atoms with Crippen molar-refractivity contribution in [1.29, 1.82) is 0 Å². The fraction of sp³-hybridized carbons (Fsp3) is 0.182. The van der Waals surface area contributed by atoms with Crippen LogP contribution in [0.3, 0.4) is 0 Å². The number of nitrogens with one attached hydrogen (secondary N) is 2. The minimum atomic E-state index is -4.07. The Kier molecular flexibility index (Phi) is 7.15. The maximum Gasteiger partial charge on any atom is 0.243 e. The minimum absolute atomic E-state index is 0.0895. The molecule has 0 atom stereocenters. The zero-order valence-electron chi connectivity index (χ0n) is 17.8. The van der Waals surface area contributed by atoms with Crippen LogP contribution in [-0.4, -0.2) is 44.0 Å². The molecule has 0 spiro atoms. The van der Waals surface area contributed by atoms with Gasteiger partial charge in [-0.05, 0) is 36.5 Å². The third-order valence-corrected chi connectivity index (χ3v) is 6.86. The third-order valence-electron chi connectivity index (χ3n) is 5.03. The van der Waals surface area contributed by atoms with E-state index < -0.39 is 26.6 Å². The number of hydrogen-bond acceptors (Lipinski definition) is 5. The first-order chi connectivity index (χ1) is 16.3. The fourth-order valence-corrected chi connectivity index (χ4v) is 4.72. The molecule has 174 valence electrons. The molecule has 0 amide bonds. The largest absolute Gasteiger partial charge is 0.370 e. The second-order valence-corrected chi connectivity index (χ2v) is 9.59. The SMILES string of the molecule is [B]c1cnn2c(NCCCCNS(=O)(=O)c3ccc(F)cc3F)cc(-c3ccccc3Cl)nc12. The lowest BCUT2D eigenvalue weighted by Crippen LogP contribution is -2.26. The molecule has 4 rings (SSSR count). The van der Waals surface area contributed by atoms with Gasteiger partial charge in [-0.15, -0.1) is 0 Å². The maximum atomic E-state index is 13.8. The summed E-state index contributed by atoms with van der Waals surface area (Å²) in [5.74, 6) is -1.33. The van der Waals surface area contributed by atoms with Gasteiger partial charge in [0.1, 0.15) is 30.2 Å². The van der Waals surface area contributed by atoms with Crippen molar-refractivity contribution in [2.24, 2.45) is 0 Å². The van der Waals surface area contributed by atoms with Crippen LogP contribution in [0.2, 0.25) is 5.02 Å². The molecule has 0 aliphatic heterocycles. The van der Waals surface area contributed by atoms with E-state index in [0.29, 0.717) is 53.1 Å². The highest BCUT2D eigenvalue weighted by Crippen LogP contribution is 2.28. The van der Waals surface area contributed by atoms with Crippen LogP contribution >= 0.6 is 11.6 Å². The Hall–Kier alpha value is -3.02. The zero-order chi connectivity index (χ0) is 24.3. The van der Waals surface area contributed by atoms with E-state index in [4.69, 9.17) is 19.4 Å². The summed E-state index contributed by atoms with van der Waals surface area (Å²) in [5, 5.41) is 8.06.